The number of sulfonamides is 1. The van der Waals surface area contributed by atoms with Crippen molar-refractivity contribution in [2.75, 3.05) is 31.2 Å². The van der Waals surface area contributed by atoms with E-state index in [1.165, 1.54) is 4.31 Å². The van der Waals surface area contributed by atoms with Gasteiger partial charge in [0.25, 0.3) is 0 Å². The lowest BCUT2D eigenvalue weighted by atomic mass is 10.2. The third-order valence-electron chi connectivity index (χ3n) is 5.59. The van der Waals surface area contributed by atoms with Gasteiger partial charge in [-0.1, -0.05) is 12.1 Å². The molecular formula is C23H24N4O4S. The van der Waals surface area contributed by atoms with Gasteiger partial charge in [0.2, 0.25) is 16.0 Å². The second kappa shape index (κ2) is 8.50. The number of nitrogens with zero attached hydrogens (tertiary/aromatic N) is 4. The van der Waals surface area contributed by atoms with Crippen LogP contribution in [0.2, 0.25) is 0 Å². The van der Waals surface area contributed by atoms with Gasteiger partial charge in [-0.05, 0) is 48.9 Å². The molecule has 2 aliphatic rings. The molecule has 166 valence electrons. The maximum atomic E-state index is 13.2. The SMILES string of the molecule is Cc1cccc(Oc2ccc(S(=O)(=O)N3Cc4cnc(N5CCOCC5)nc4C3)cc2)c1. The number of rotatable bonds is 5. The highest BCUT2D eigenvalue weighted by atomic mass is 32.2. The van der Waals surface area contributed by atoms with E-state index in [1.54, 1.807) is 30.5 Å². The highest BCUT2D eigenvalue weighted by Crippen LogP contribution is 2.30. The predicted molar refractivity (Wildman–Crippen MR) is 119 cm³/mol. The molecule has 0 aliphatic carbocycles. The van der Waals surface area contributed by atoms with Crippen LogP contribution in [0.5, 0.6) is 11.5 Å². The zero-order chi connectivity index (χ0) is 22.1. The Morgan fingerprint density at radius 2 is 1.78 bits per heavy atom. The number of hydrogen-bond acceptors (Lipinski definition) is 7. The molecule has 0 unspecified atom stereocenters. The largest absolute Gasteiger partial charge is 0.457 e. The van der Waals surface area contributed by atoms with E-state index >= 15 is 0 Å². The van der Waals surface area contributed by atoms with Crippen molar-refractivity contribution in [1.82, 2.24) is 14.3 Å². The second-order valence-corrected chi connectivity index (χ2v) is 9.84. The van der Waals surface area contributed by atoms with Crippen LogP contribution in [-0.2, 0) is 27.8 Å². The van der Waals surface area contributed by atoms with Crippen molar-refractivity contribution >= 4 is 16.0 Å². The molecule has 1 saturated heterocycles. The summed E-state index contributed by atoms with van der Waals surface area (Å²) in [6.07, 6.45) is 1.74. The van der Waals surface area contributed by atoms with Gasteiger partial charge in [-0.25, -0.2) is 18.4 Å². The van der Waals surface area contributed by atoms with Gasteiger partial charge in [0.15, 0.2) is 0 Å². The quantitative estimate of drug-likeness (QED) is 0.588. The lowest BCUT2D eigenvalue weighted by Gasteiger charge is -2.26. The number of aryl methyl sites for hydroxylation is 1. The molecule has 2 aromatic carbocycles. The number of anilines is 1. The summed E-state index contributed by atoms with van der Waals surface area (Å²) in [6.45, 7) is 5.25. The summed E-state index contributed by atoms with van der Waals surface area (Å²) in [5.41, 5.74) is 2.68. The number of morpholine rings is 1. The van der Waals surface area contributed by atoms with Gasteiger partial charge in [-0.2, -0.15) is 4.31 Å². The van der Waals surface area contributed by atoms with Crippen LogP contribution in [0.25, 0.3) is 0 Å². The highest BCUT2D eigenvalue weighted by molar-refractivity contribution is 7.89. The Bertz CT molecular complexity index is 1220. The second-order valence-electron chi connectivity index (χ2n) is 7.90. The van der Waals surface area contributed by atoms with E-state index in [1.807, 2.05) is 31.2 Å². The lowest BCUT2D eigenvalue weighted by molar-refractivity contribution is 0.122. The molecule has 5 rings (SSSR count). The number of aromatic nitrogens is 2. The summed E-state index contributed by atoms with van der Waals surface area (Å²) >= 11 is 0. The van der Waals surface area contributed by atoms with Gasteiger partial charge < -0.3 is 14.4 Å². The first kappa shape index (κ1) is 20.9. The molecule has 9 heteroatoms. The molecule has 1 fully saturated rings. The van der Waals surface area contributed by atoms with Crippen molar-refractivity contribution in [3.05, 3.63) is 71.5 Å². The summed E-state index contributed by atoms with van der Waals surface area (Å²) in [6, 6.07) is 14.2. The molecule has 3 heterocycles. The molecule has 1 aromatic heterocycles. The van der Waals surface area contributed by atoms with Crippen LogP contribution < -0.4 is 9.64 Å². The molecule has 8 nitrogen and oxygen atoms in total. The van der Waals surface area contributed by atoms with Crippen LogP contribution in [0, 0.1) is 6.92 Å². The Morgan fingerprint density at radius 1 is 1.00 bits per heavy atom. The fourth-order valence-electron chi connectivity index (χ4n) is 3.84. The summed E-state index contributed by atoms with van der Waals surface area (Å²) in [7, 11) is -3.66. The molecule has 0 N–H and O–H groups in total. The van der Waals surface area contributed by atoms with Gasteiger partial charge >= 0.3 is 0 Å². The minimum Gasteiger partial charge on any atom is -0.457 e. The zero-order valence-corrected chi connectivity index (χ0v) is 18.6. The molecule has 0 atom stereocenters. The van der Waals surface area contributed by atoms with Crippen molar-refractivity contribution < 1.29 is 17.9 Å². The fraction of sp³-hybridized carbons (Fsp3) is 0.304. The van der Waals surface area contributed by atoms with Gasteiger partial charge in [-0.15, -0.1) is 0 Å². The van der Waals surface area contributed by atoms with Crippen LogP contribution >= 0.6 is 0 Å². The summed E-state index contributed by atoms with van der Waals surface area (Å²) in [4.78, 5) is 11.4. The van der Waals surface area contributed by atoms with Crippen molar-refractivity contribution in [3.8, 4) is 11.5 Å². The monoisotopic (exact) mass is 452 g/mol. The molecule has 0 radical (unpaired) electrons. The van der Waals surface area contributed by atoms with Crippen LogP contribution in [0.4, 0.5) is 5.95 Å². The van der Waals surface area contributed by atoms with E-state index in [9.17, 15) is 8.42 Å². The van der Waals surface area contributed by atoms with Crippen LogP contribution in [-0.4, -0.2) is 49.0 Å². The van der Waals surface area contributed by atoms with Gasteiger partial charge in [0.1, 0.15) is 11.5 Å². The first-order valence-corrected chi connectivity index (χ1v) is 12.0. The smallest absolute Gasteiger partial charge is 0.243 e. The highest BCUT2D eigenvalue weighted by Gasteiger charge is 2.32. The van der Waals surface area contributed by atoms with Gasteiger partial charge in [-0.3, -0.25) is 0 Å². The molecule has 2 aliphatic heterocycles. The molecule has 0 saturated carbocycles. The maximum absolute atomic E-state index is 13.2. The van der Waals surface area contributed by atoms with Crippen molar-refractivity contribution in [3.63, 3.8) is 0 Å². The minimum atomic E-state index is -3.66. The number of hydrogen-bond donors (Lipinski definition) is 0. The average molecular weight is 453 g/mol. The minimum absolute atomic E-state index is 0.225. The van der Waals surface area contributed by atoms with E-state index < -0.39 is 10.0 Å². The van der Waals surface area contributed by atoms with Crippen molar-refractivity contribution in [2.45, 2.75) is 24.9 Å². The summed E-state index contributed by atoms with van der Waals surface area (Å²) < 4.78 is 39.1. The molecule has 3 aromatic rings. The Kier molecular flexibility index (Phi) is 5.54. The molecular weight excluding hydrogens is 428 g/mol. The van der Waals surface area contributed by atoms with E-state index in [4.69, 9.17) is 9.47 Å². The topological polar surface area (TPSA) is 84.9 Å². The third-order valence-corrected chi connectivity index (χ3v) is 7.40. The van der Waals surface area contributed by atoms with Crippen LogP contribution in [0.3, 0.4) is 0 Å². The number of ether oxygens (including phenoxy) is 2. The van der Waals surface area contributed by atoms with Crippen LogP contribution in [0.15, 0.2) is 59.6 Å². The van der Waals surface area contributed by atoms with Gasteiger partial charge in [0.05, 0.1) is 30.3 Å². The van der Waals surface area contributed by atoms with E-state index in [-0.39, 0.29) is 18.0 Å². The first-order valence-electron chi connectivity index (χ1n) is 10.5. The molecule has 0 amide bonds. The van der Waals surface area contributed by atoms with E-state index in [0.717, 1.165) is 29.9 Å². The molecule has 32 heavy (non-hydrogen) atoms. The standard InChI is InChI=1S/C23H24N4O4S/c1-17-3-2-4-20(13-17)31-19-5-7-21(8-6-19)32(28,29)27-15-18-14-24-23(25-22(18)16-27)26-9-11-30-12-10-26/h2-8,13-14H,9-12,15-16H2,1H3. The third kappa shape index (κ3) is 4.19. The molecule has 0 spiro atoms. The van der Waals surface area contributed by atoms with Gasteiger partial charge in [0, 0.05) is 31.4 Å². The first-order chi connectivity index (χ1) is 15.5. The fourth-order valence-corrected chi connectivity index (χ4v) is 5.22. The summed E-state index contributed by atoms with van der Waals surface area (Å²) in [5.74, 6) is 1.93. The summed E-state index contributed by atoms with van der Waals surface area (Å²) in [5, 5.41) is 0. The average Bonchev–Trinajstić information content (AvgIpc) is 3.24. The van der Waals surface area contributed by atoms with E-state index in [2.05, 4.69) is 14.9 Å². The zero-order valence-electron chi connectivity index (χ0n) is 17.8. The molecule has 0 bridgehead atoms. The Hall–Kier alpha value is -3.01. The Morgan fingerprint density at radius 3 is 2.53 bits per heavy atom. The van der Waals surface area contributed by atoms with Crippen LogP contribution in [0.1, 0.15) is 16.8 Å². The van der Waals surface area contributed by atoms with E-state index in [0.29, 0.717) is 30.7 Å². The predicted octanol–water partition coefficient (Wildman–Crippen LogP) is 3.12. The number of benzene rings is 2. The Balaban J connectivity index is 1.30. The Labute approximate surface area is 187 Å². The van der Waals surface area contributed by atoms with Crippen molar-refractivity contribution in [1.29, 1.82) is 0 Å². The van der Waals surface area contributed by atoms with Crippen molar-refractivity contribution in [2.24, 2.45) is 0 Å². The maximum Gasteiger partial charge on any atom is 0.243 e. The normalized spacial score (nSPS) is 16.7. The number of fused-ring (bicyclic) bond motifs is 1. The lowest BCUT2D eigenvalue weighted by Crippen LogP contribution is -2.37.